The average molecular weight is 311 g/mol. The summed E-state index contributed by atoms with van der Waals surface area (Å²) in [4.78, 5) is 16.9. The van der Waals surface area contributed by atoms with Gasteiger partial charge in [-0.1, -0.05) is 36.4 Å². The zero-order valence-corrected chi connectivity index (χ0v) is 12.9. The molecule has 1 atom stereocenters. The van der Waals surface area contributed by atoms with Crippen molar-refractivity contribution in [3.05, 3.63) is 64.6 Å². The van der Waals surface area contributed by atoms with E-state index in [1.165, 1.54) is 5.56 Å². The Labute approximate surface area is 134 Å². The van der Waals surface area contributed by atoms with Gasteiger partial charge >= 0.3 is 5.69 Å². The molecule has 5 heteroatoms. The summed E-state index contributed by atoms with van der Waals surface area (Å²) in [6.07, 6.45) is 1.82. The molecule has 0 aliphatic rings. The van der Waals surface area contributed by atoms with Crippen molar-refractivity contribution < 1.29 is 4.74 Å². The number of ether oxygens (including phenoxy) is 1. The van der Waals surface area contributed by atoms with Crippen LogP contribution in [0, 0.1) is 5.92 Å². The van der Waals surface area contributed by atoms with Crippen molar-refractivity contribution >= 4 is 11.0 Å². The summed E-state index contributed by atoms with van der Waals surface area (Å²) in [5.74, 6) is 1.07. The molecule has 1 unspecified atom stereocenters. The highest BCUT2D eigenvalue weighted by atomic mass is 16.5. The van der Waals surface area contributed by atoms with Crippen LogP contribution in [0.2, 0.25) is 0 Å². The van der Waals surface area contributed by atoms with Crippen molar-refractivity contribution in [3.63, 3.8) is 0 Å². The second kappa shape index (κ2) is 7.15. The van der Waals surface area contributed by atoms with Gasteiger partial charge in [0.2, 0.25) is 0 Å². The number of hydrogen-bond donors (Lipinski definition) is 3. The summed E-state index contributed by atoms with van der Waals surface area (Å²) in [5, 5.41) is 0. The Balaban J connectivity index is 1.60. The molecule has 5 nitrogen and oxygen atoms in total. The monoisotopic (exact) mass is 311 g/mol. The third-order valence-electron chi connectivity index (χ3n) is 4.00. The Bertz CT molecular complexity index is 808. The number of imidazole rings is 1. The topological polar surface area (TPSA) is 83.9 Å². The number of rotatable bonds is 7. The molecule has 0 bridgehead atoms. The van der Waals surface area contributed by atoms with Crippen molar-refractivity contribution in [2.75, 3.05) is 13.2 Å². The third kappa shape index (κ3) is 3.81. The molecular formula is C18H21N3O2. The summed E-state index contributed by atoms with van der Waals surface area (Å²) in [6.45, 7) is 1.20. The van der Waals surface area contributed by atoms with Gasteiger partial charge in [-0.25, -0.2) is 4.79 Å². The molecule has 2 aromatic carbocycles. The molecule has 0 aliphatic carbocycles. The lowest BCUT2D eigenvalue weighted by Gasteiger charge is -2.15. The van der Waals surface area contributed by atoms with Gasteiger partial charge in [0.1, 0.15) is 11.3 Å². The zero-order valence-electron chi connectivity index (χ0n) is 12.9. The molecule has 0 spiro atoms. The number of nitrogens with one attached hydrogen (secondary N) is 2. The maximum absolute atomic E-state index is 11.4. The maximum atomic E-state index is 11.4. The van der Waals surface area contributed by atoms with Crippen molar-refractivity contribution in [1.29, 1.82) is 0 Å². The van der Waals surface area contributed by atoms with Crippen molar-refractivity contribution in [2.45, 2.75) is 12.8 Å². The highest BCUT2D eigenvalue weighted by molar-refractivity contribution is 5.80. The fraction of sp³-hybridized carbons (Fsp3) is 0.278. The number of H-pyrrole nitrogens is 2. The SMILES string of the molecule is NCC(CCOc1cccc2[nH]c(=O)[nH]c12)Cc1ccccc1. The first-order valence-corrected chi connectivity index (χ1v) is 7.84. The Kier molecular flexibility index (Phi) is 4.78. The summed E-state index contributed by atoms with van der Waals surface area (Å²) in [7, 11) is 0. The predicted molar refractivity (Wildman–Crippen MR) is 91.7 cm³/mol. The van der Waals surface area contributed by atoms with Gasteiger partial charge in [-0.3, -0.25) is 0 Å². The summed E-state index contributed by atoms with van der Waals surface area (Å²) in [6, 6.07) is 15.9. The lowest BCUT2D eigenvalue weighted by molar-refractivity contribution is 0.281. The van der Waals surface area contributed by atoms with Gasteiger partial charge in [-0.2, -0.15) is 0 Å². The van der Waals surface area contributed by atoms with E-state index in [-0.39, 0.29) is 5.69 Å². The largest absolute Gasteiger partial charge is 0.491 e. The van der Waals surface area contributed by atoms with Gasteiger partial charge in [-0.05, 0) is 43.0 Å². The minimum absolute atomic E-state index is 0.222. The lowest BCUT2D eigenvalue weighted by Crippen LogP contribution is -2.19. The van der Waals surface area contributed by atoms with E-state index in [0.717, 1.165) is 18.4 Å². The zero-order chi connectivity index (χ0) is 16.1. The van der Waals surface area contributed by atoms with Gasteiger partial charge in [0.15, 0.2) is 0 Å². The Morgan fingerprint density at radius 2 is 1.87 bits per heavy atom. The highest BCUT2D eigenvalue weighted by Gasteiger charge is 2.10. The molecule has 0 fully saturated rings. The molecule has 3 aromatic rings. The van der Waals surface area contributed by atoms with E-state index >= 15 is 0 Å². The van der Waals surface area contributed by atoms with Gasteiger partial charge in [0, 0.05) is 0 Å². The quantitative estimate of drug-likeness (QED) is 0.626. The number of hydrogen-bond acceptors (Lipinski definition) is 3. The minimum Gasteiger partial charge on any atom is -0.491 e. The summed E-state index contributed by atoms with van der Waals surface area (Å²) < 4.78 is 5.86. The van der Waals surface area contributed by atoms with Gasteiger partial charge < -0.3 is 20.4 Å². The predicted octanol–water partition coefficient (Wildman–Crippen LogP) is 2.44. The van der Waals surface area contributed by atoms with Crippen LogP contribution >= 0.6 is 0 Å². The van der Waals surface area contributed by atoms with Crippen molar-refractivity contribution in [2.24, 2.45) is 11.7 Å². The van der Waals surface area contributed by atoms with E-state index in [4.69, 9.17) is 10.5 Å². The molecule has 1 aromatic heterocycles. The van der Waals surface area contributed by atoms with Crippen LogP contribution in [0.15, 0.2) is 53.3 Å². The summed E-state index contributed by atoms with van der Waals surface area (Å²) in [5.41, 5.74) is 8.42. The molecule has 23 heavy (non-hydrogen) atoms. The normalized spacial score (nSPS) is 12.4. The number of aromatic nitrogens is 2. The molecule has 0 saturated carbocycles. The Morgan fingerprint density at radius 3 is 2.65 bits per heavy atom. The second-order valence-corrected chi connectivity index (χ2v) is 5.69. The van der Waals surface area contributed by atoms with E-state index in [1.807, 2.05) is 36.4 Å². The van der Waals surface area contributed by atoms with Crippen LogP contribution in [0.3, 0.4) is 0 Å². The number of aromatic amines is 2. The first-order valence-electron chi connectivity index (χ1n) is 7.84. The third-order valence-corrected chi connectivity index (χ3v) is 4.00. The molecule has 4 N–H and O–H groups in total. The van der Waals surface area contributed by atoms with E-state index in [9.17, 15) is 4.79 Å². The molecule has 3 rings (SSSR count). The Morgan fingerprint density at radius 1 is 1.04 bits per heavy atom. The molecule has 0 aliphatic heterocycles. The maximum Gasteiger partial charge on any atom is 0.323 e. The van der Waals surface area contributed by atoms with Gasteiger partial charge in [-0.15, -0.1) is 0 Å². The lowest BCUT2D eigenvalue weighted by atomic mass is 9.97. The van der Waals surface area contributed by atoms with Crippen LogP contribution in [0.1, 0.15) is 12.0 Å². The van der Waals surface area contributed by atoms with Crippen LogP contribution in [0.5, 0.6) is 5.75 Å². The Hall–Kier alpha value is -2.53. The van der Waals surface area contributed by atoms with Gasteiger partial charge in [0.05, 0.1) is 12.1 Å². The smallest absolute Gasteiger partial charge is 0.323 e. The van der Waals surface area contributed by atoms with E-state index in [1.54, 1.807) is 0 Å². The molecule has 0 saturated heterocycles. The van der Waals surface area contributed by atoms with Crippen LogP contribution in [-0.2, 0) is 6.42 Å². The highest BCUT2D eigenvalue weighted by Crippen LogP contribution is 2.21. The van der Waals surface area contributed by atoms with Crippen molar-refractivity contribution in [3.8, 4) is 5.75 Å². The summed E-state index contributed by atoms with van der Waals surface area (Å²) >= 11 is 0. The number of para-hydroxylation sites is 1. The van der Waals surface area contributed by atoms with Crippen LogP contribution in [-0.4, -0.2) is 23.1 Å². The molecule has 0 amide bonds. The molecule has 0 radical (unpaired) electrons. The first-order chi connectivity index (χ1) is 11.3. The number of fused-ring (bicyclic) bond motifs is 1. The van der Waals surface area contributed by atoms with E-state index in [0.29, 0.717) is 30.3 Å². The second-order valence-electron chi connectivity index (χ2n) is 5.69. The number of nitrogens with two attached hydrogens (primary N) is 1. The van der Waals surface area contributed by atoms with E-state index < -0.39 is 0 Å². The number of benzene rings is 2. The average Bonchev–Trinajstić information content (AvgIpc) is 2.96. The van der Waals surface area contributed by atoms with Crippen molar-refractivity contribution in [1.82, 2.24) is 9.97 Å². The first kappa shape index (κ1) is 15.4. The fourth-order valence-corrected chi connectivity index (χ4v) is 2.74. The standard InChI is InChI=1S/C18H21N3O2/c19-12-14(11-13-5-2-1-3-6-13)9-10-23-16-8-4-7-15-17(16)21-18(22)20-15/h1-8,14H,9-12,19H2,(H2,20,21,22). The van der Waals surface area contributed by atoms with Crippen LogP contribution < -0.4 is 16.2 Å². The van der Waals surface area contributed by atoms with Crippen LogP contribution in [0.4, 0.5) is 0 Å². The van der Waals surface area contributed by atoms with Gasteiger partial charge in [0.25, 0.3) is 0 Å². The van der Waals surface area contributed by atoms with Crippen LogP contribution in [0.25, 0.3) is 11.0 Å². The fourth-order valence-electron chi connectivity index (χ4n) is 2.74. The molecular weight excluding hydrogens is 290 g/mol. The minimum atomic E-state index is -0.222. The molecule has 120 valence electrons. The van der Waals surface area contributed by atoms with E-state index in [2.05, 4.69) is 22.1 Å². The molecule has 1 heterocycles.